The molecule has 10 aromatic carbocycles. The van der Waals surface area contributed by atoms with Crippen LogP contribution in [0.4, 0.5) is 17.1 Å². The Bertz CT molecular complexity index is 3550. The van der Waals surface area contributed by atoms with Gasteiger partial charge in [-0.3, -0.25) is 0 Å². The van der Waals surface area contributed by atoms with Crippen LogP contribution in [0.2, 0.25) is 0 Å². The van der Waals surface area contributed by atoms with Crippen molar-refractivity contribution in [1.29, 1.82) is 0 Å². The molecule has 0 spiro atoms. The molecule has 0 aliphatic rings. The Balaban J connectivity index is 1.11. The number of anilines is 3. The molecule has 286 valence electrons. The van der Waals surface area contributed by atoms with E-state index in [-0.39, 0.29) is 0 Å². The van der Waals surface area contributed by atoms with Crippen LogP contribution in [0.25, 0.3) is 93.6 Å². The molecule has 0 N–H and O–H groups in total. The number of hydrogen-bond donors (Lipinski definition) is 0. The Morgan fingerprint density at radius 1 is 0.361 bits per heavy atom. The lowest BCUT2D eigenvalue weighted by atomic mass is 9.96. The topological polar surface area (TPSA) is 21.3 Å². The molecule has 0 saturated heterocycles. The highest BCUT2D eigenvalue weighted by atomic mass is 16.3. The van der Waals surface area contributed by atoms with Crippen LogP contribution in [0.15, 0.2) is 235 Å². The minimum absolute atomic E-state index is 0.842. The molecule has 0 radical (unpaired) electrons. The smallest absolute Gasteiger partial charge is 0.138 e. The molecule has 0 aliphatic heterocycles. The zero-order chi connectivity index (χ0) is 40.3. The predicted molar refractivity (Wildman–Crippen MR) is 257 cm³/mol. The number of para-hydroxylation sites is 4. The summed E-state index contributed by atoms with van der Waals surface area (Å²) in [5.74, 6) is 0. The summed E-state index contributed by atoms with van der Waals surface area (Å²) in [4.78, 5) is 2.40. The van der Waals surface area contributed by atoms with Crippen LogP contribution in [0.5, 0.6) is 0 Å². The molecule has 3 nitrogen and oxygen atoms in total. The van der Waals surface area contributed by atoms with Gasteiger partial charge in [0.2, 0.25) is 0 Å². The lowest BCUT2D eigenvalue weighted by Gasteiger charge is -2.27. The first-order valence-corrected chi connectivity index (χ1v) is 20.8. The van der Waals surface area contributed by atoms with Gasteiger partial charge in [0.25, 0.3) is 0 Å². The van der Waals surface area contributed by atoms with Crippen molar-refractivity contribution in [2.45, 2.75) is 0 Å². The van der Waals surface area contributed by atoms with Gasteiger partial charge in [-0.25, -0.2) is 0 Å². The molecule has 2 heterocycles. The van der Waals surface area contributed by atoms with E-state index in [1.54, 1.807) is 0 Å². The number of rotatable bonds is 7. The van der Waals surface area contributed by atoms with Crippen LogP contribution in [0.1, 0.15) is 0 Å². The zero-order valence-electron chi connectivity index (χ0n) is 33.2. The summed E-state index contributed by atoms with van der Waals surface area (Å²) in [7, 11) is 0. The summed E-state index contributed by atoms with van der Waals surface area (Å²) in [6.45, 7) is 0. The van der Waals surface area contributed by atoms with E-state index in [4.69, 9.17) is 4.42 Å². The van der Waals surface area contributed by atoms with E-state index in [0.29, 0.717) is 0 Å². The van der Waals surface area contributed by atoms with Gasteiger partial charge in [0.15, 0.2) is 0 Å². The molecule has 0 fully saturated rings. The van der Waals surface area contributed by atoms with Crippen molar-refractivity contribution in [3.63, 3.8) is 0 Å². The lowest BCUT2D eigenvalue weighted by Crippen LogP contribution is -2.10. The molecule has 0 atom stereocenters. The third kappa shape index (κ3) is 5.82. The summed E-state index contributed by atoms with van der Waals surface area (Å²) in [6, 6.07) is 82.8. The fourth-order valence-corrected chi connectivity index (χ4v) is 9.37. The maximum Gasteiger partial charge on any atom is 0.138 e. The number of benzene rings is 10. The van der Waals surface area contributed by atoms with E-state index in [9.17, 15) is 0 Å². The molecule has 0 bridgehead atoms. The van der Waals surface area contributed by atoms with Crippen LogP contribution in [-0.4, -0.2) is 4.57 Å². The van der Waals surface area contributed by atoms with Gasteiger partial charge in [-0.2, -0.15) is 0 Å². The first kappa shape index (κ1) is 34.9. The highest BCUT2D eigenvalue weighted by Gasteiger charge is 2.24. The molecular formula is C58H38N2O. The summed E-state index contributed by atoms with van der Waals surface area (Å²) in [5, 5.41) is 6.97. The molecule has 12 rings (SSSR count). The number of aromatic nitrogens is 1. The predicted octanol–water partition coefficient (Wildman–Crippen LogP) is 16.3. The Morgan fingerprint density at radius 2 is 0.934 bits per heavy atom. The third-order valence-corrected chi connectivity index (χ3v) is 12.2. The van der Waals surface area contributed by atoms with Crippen molar-refractivity contribution in [2.24, 2.45) is 0 Å². The second-order valence-corrected chi connectivity index (χ2v) is 15.7. The van der Waals surface area contributed by atoms with Crippen molar-refractivity contribution in [2.75, 3.05) is 4.90 Å². The van der Waals surface area contributed by atoms with Gasteiger partial charge in [0.1, 0.15) is 11.2 Å². The lowest BCUT2D eigenvalue weighted by molar-refractivity contribution is 0.669. The largest absolute Gasteiger partial charge is 0.456 e. The van der Waals surface area contributed by atoms with Gasteiger partial charge in [-0.05, 0) is 99.3 Å². The third-order valence-electron chi connectivity index (χ3n) is 12.2. The van der Waals surface area contributed by atoms with Gasteiger partial charge in [-0.1, -0.05) is 170 Å². The second-order valence-electron chi connectivity index (χ2n) is 15.7. The minimum atomic E-state index is 0.842. The van der Waals surface area contributed by atoms with Crippen LogP contribution in [0, 0.1) is 0 Å². The van der Waals surface area contributed by atoms with Crippen molar-refractivity contribution in [3.05, 3.63) is 231 Å². The van der Waals surface area contributed by atoms with Crippen molar-refractivity contribution < 1.29 is 4.42 Å². The molecule has 0 aliphatic carbocycles. The average Bonchev–Trinajstić information content (AvgIpc) is 3.89. The second kappa shape index (κ2) is 14.3. The standard InChI is InChI=1S/C58H38N2O/c1-4-15-39(16-5-1)40-27-29-41(30-28-40)42-31-34-47(35-32-42)59(45-18-6-2-7-19-45)53-37-44(38-55-57(53)56-48-22-11-10-17-43(48)33-36-54(56)61-55)49-24-14-25-51-50-23-12-13-26-52(50)60(58(49)51)46-20-8-3-9-21-46/h1-38H. The first-order valence-electron chi connectivity index (χ1n) is 20.8. The fourth-order valence-electron chi connectivity index (χ4n) is 9.37. The summed E-state index contributed by atoms with van der Waals surface area (Å²) in [6.07, 6.45) is 0. The highest BCUT2D eigenvalue weighted by molar-refractivity contribution is 6.24. The Kier molecular flexibility index (Phi) is 8.17. The molecule has 3 heteroatoms. The Hall–Kier alpha value is -8.14. The molecule has 12 aromatic rings. The first-order chi connectivity index (χ1) is 30.3. The number of furan rings is 1. The number of nitrogens with zero attached hydrogens (tertiary/aromatic N) is 2. The van der Waals surface area contributed by atoms with E-state index in [1.807, 2.05) is 0 Å². The molecule has 61 heavy (non-hydrogen) atoms. The van der Waals surface area contributed by atoms with Gasteiger partial charge in [0, 0.05) is 38.8 Å². The monoisotopic (exact) mass is 778 g/mol. The summed E-state index contributed by atoms with van der Waals surface area (Å²) in [5.41, 5.74) is 15.3. The average molecular weight is 779 g/mol. The van der Waals surface area contributed by atoms with Crippen LogP contribution < -0.4 is 4.90 Å². The number of fused-ring (bicyclic) bond motifs is 8. The molecule has 2 aromatic heterocycles. The maximum absolute atomic E-state index is 6.96. The van der Waals surface area contributed by atoms with Crippen molar-refractivity contribution in [1.82, 2.24) is 4.57 Å². The van der Waals surface area contributed by atoms with Crippen LogP contribution in [-0.2, 0) is 0 Å². The van der Waals surface area contributed by atoms with E-state index < -0.39 is 0 Å². The van der Waals surface area contributed by atoms with Crippen molar-refractivity contribution >= 4 is 71.6 Å². The van der Waals surface area contributed by atoms with Gasteiger partial charge >= 0.3 is 0 Å². The van der Waals surface area contributed by atoms with Crippen LogP contribution >= 0.6 is 0 Å². The quantitative estimate of drug-likeness (QED) is 0.161. The summed E-state index contributed by atoms with van der Waals surface area (Å²) >= 11 is 0. The Morgan fingerprint density at radius 3 is 1.67 bits per heavy atom. The van der Waals surface area contributed by atoms with E-state index >= 15 is 0 Å². The molecule has 0 saturated carbocycles. The van der Waals surface area contributed by atoms with E-state index in [1.165, 1.54) is 43.8 Å². The molecule has 0 unspecified atom stereocenters. The molecule has 0 amide bonds. The Labute approximate surface area is 353 Å². The van der Waals surface area contributed by atoms with Gasteiger partial charge in [0.05, 0.1) is 22.1 Å². The highest BCUT2D eigenvalue weighted by Crippen LogP contribution is 2.48. The van der Waals surface area contributed by atoms with E-state index in [0.717, 1.165) is 66.9 Å². The summed E-state index contributed by atoms with van der Waals surface area (Å²) < 4.78 is 9.37. The minimum Gasteiger partial charge on any atom is -0.456 e. The normalized spacial score (nSPS) is 11.6. The van der Waals surface area contributed by atoms with Gasteiger partial charge < -0.3 is 13.9 Å². The fraction of sp³-hybridized carbons (Fsp3) is 0. The van der Waals surface area contributed by atoms with Gasteiger partial charge in [-0.15, -0.1) is 0 Å². The van der Waals surface area contributed by atoms with E-state index in [2.05, 4.69) is 240 Å². The zero-order valence-corrected chi connectivity index (χ0v) is 33.2. The SMILES string of the molecule is c1ccc(-c2ccc(-c3ccc(N(c4ccccc4)c4cc(-c5cccc6c7ccccc7n(-c7ccccc7)c56)cc5oc6ccc7ccccc7c6c45)cc3)cc2)cc1. The maximum atomic E-state index is 6.96. The number of hydrogen-bond acceptors (Lipinski definition) is 2. The van der Waals surface area contributed by atoms with Crippen LogP contribution in [0.3, 0.4) is 0 Å². The molecular weight excluding hydrogens is 741 g/mol. The van der Waals surface area contributed by atoms with Crippen molar-refractivity contribution in [3.8, 4) is 39.1 Å².